The van der Waals surface area contributed by atoms with Crippen LogP contribution >= 0.6 is 0 Å². The molecule has 1 amide bonds. The number of aliphatic hydroxyl groups excluding tert-OH is 3. The van der Waals surface area contributed by atoms with Gasteiger partial charge in [0.1, 0.15) is 6.10 Å². The summed E-state index contributed by atoms with van der Waals surface area (Å²) in [5.41, 5.74) is 3.29. The Morgan fingerprint density at radius 1 is 0.967 bits per heavy atom. The number of anilines is 1. The van der Waals surface area contributed by atoms with E-state index in [0.717, 1.165) is 16.8 Å². The molecular weight excluding hydrogens is 382 g/mol. The summed E-state index contributed by atoms with van der Waals surface area (Å²) in [4.78, 5) is 13.1. The molecule has 4 rings (SSSR count). The number of aliphatic hydroxyl groups is 3. The Bertz CT molecular complexity index is 933. The average molecular weight is 409 g/mol. The van der Waals surface area contributed by atoms with Gasteiger partial charge in [-0.05, 0) is 24.6 Å². The molecule has 6 N–H and O–H groups in total. The highest BCUT2D eigenvalue weighted by atomic mass is 16.4. The molecule has 2 heterocycles. The van der Waals surface area contributed by atoms with E-state index in [9.17, 15) is 20.1 Å². The minimum Gasteiger partial charge on any atom is -0.389 e. The summed E-state index contributed by atoms with van der Waals surface area (Å²) < 4.78 is 0. The van der Waals surface area contributed by atoms with Gasteiger partial charge in [0.2, 0.25) is 0 Å². The Morgan fingerprint density at radius 3 is 2.43 bits per heavy atom. The number of benzene rings is 2. The lowest BCUT2D eigenvalue weighted by Crippen LogP contribution is -2.66. The summed E-state index contributed by atoms with van der Waals surface area (Å²) >= 11 is 0. The summed E-state index contributed by atoms with van der Waals surface area (Å²) in [6, 6.07) is 16.4. The van der Waals surface area contributed by atoms with E-state index >= 15 is 0 Å². The van der Waals surface area contributed by atoms with Crippen molar-refractivity contribution in [3.8, 4) is 0 Å². The zero-order valence-electron chi connectivity index (χ0n) is 16.7. The van der Waals surface area contributed by atoms with Gasteiger partial charge in [0.25, 0.3) is 5.91 Å². The lowest BCUT2D eigenvalue weighted by atomic mass is 9.90. The number of para-hydroxylation sites is 1. The van der Waals surface area contributed by atoms with Crippen LogP contribution in [0.3, 0.4) is 0 Å². The lowest BCUT2D eigenvalue weighted by Gasteiger charge is -2.40. The second-order valence-corrected chi connectivity index (χ2v) is 7.90. The first-order valence-corrected chi connectivity index (χ1v) is 10.2. The Labute approximate surface area is 175 Å². The van der Waals surface area contributed by atoms with Crippen molar-refractivity contribution >= 4 is 17.2 Å². The van der Waals surface area contributed by atoms with E-state index < -0.39 is 30.4 Å². The molecule has 0 bridgehead atoms. The molecule has 2 aromatic rings. The number of rotatable bonds is 4. The number of hydrogen-bond acceptors (Lipinski definition) is 6. The van der Waals surface area contributed by atoms with E-state index in [2.05, 4.69) is 16.0 Å². The fraction of sp³-hybridized carbons (Fsp3) is 0.348. The van der Waals surface area contributed by atoms with Crippen molar-refractivity contribution in [2.45, 2.75) is 43.4 Å². The van der Waals surface area contributed by atoms with Crippen molar-refractivity contribution in [2.24, 2.45) is 0 Å². The van der Waals surface area contributed by atoms with Crippen LogP contribution in [0.4, 0.5) is 5.69 Å². The standard InChI is InChI=1S/C23H27N3O4/c1-13-20(27)22(29)21(28)19(25-13)12-24-23(30)16-11-18(14-7-3-2-4-8-14)26-17-10-6-5-9-15(16)17/h2-11,13,18-22,25-29H,12H2,1H3,(H,24,30)/t13-,18?,19+,20+,21+,22+/m0/s1. The molecule has 7 heteroatoms. The summed E-state index contributed by atoms with van der Waals surface area (Å²) in [7, 11) is 0. The van der Waals surface area contributed by atoms with Crippen molar-refractivity contribution in [3.63, 3.8) is 0 Å². The number of carbonyl (C=O) groups is 1. The van der Waals surface area contributed by atoms with E-state index in [4.69, 9.17) is 0 Å². The predicted octanol–water partition coefficient (Wildman–Crippen LogP) is 0.796. The molecule has 0 aliphatic carbocycles. The quantitative estimate of drug-likeness (QED) is 0.445. The maximum Gasteiger partial charge on any atom is 0.251 e. The van der Waals surface area contributed by atoms with Crippen molar-refractivity contribution in [2.75, 3.05) is 11.9 Å². The van der Waals surface area contributed by atoms with Crippen LogP contribution in [0.1, 0.15) is 24.1 Å². The number of carbonyl (C=O) groups excluding carboxylic acids is 1. The minimum absolute atomic E-state index is 0.122. The van der Waals surface area contributed by atoms with Crippen molar-refractivity contribution in [1.29, 1.82) is 0 Å². The van der Waals surface area contributed by atoms with Crippen LogP contribution in [-0.4, -0.2) is 58.2 Å². The van der Waals surface area contributed by atoms with Crippen LogP contribution in [0.15, 0.2) is 60.7 Å². The van der Waals surface area contributed by atoms with Crippen LogP contribution in [0.5, 0.6) is 0 Å². The molecule has 1 saturated heterocycles. The van der Waals surface area contributed by atoms with E-state index in [1.807, 2.05) is 60.7 Å². The fourth-order valence-corrected chi connectivity index (χ4v) is 4.10. The monoisotopic (exact) mass is 409 g/mol. The van der Waals surface area contributed by atoms with E-state index in [1.165, 1.54) is 0 Å². The number of piperidine rings is 1. The van der Waals surface area contributed by atoms with Crippen molar-refractivity contribution in [1.82, 2.24) is 10.6 Å². The van der Waals surface area contributed by atoms with Crippen molar-refractivity contribution in [3.05, 3.63) is 71.8 Å². The Kier molecular flexibility index (Phi) is 5.87. The Hall–Kier alpha value is -2.71. The van der Waals surface area contributed by atoms with Gasteiger partial charge in [0.15, 0.2) is 0 Å². The summed E-state index contributed by atoms with van der Waals surface area (Å²) in [5.74, 6) is -0.257. The minimum atomic E-state index is -1.26. The van der Waals surface area contributed by atoms with Gasteiger partial charge in [-0.2, -0.15) is 0 Å². The number of hydrogen-bond donors (Lipinski definition) is 6. The fourth-order valence-electron chi connectivity index (χ4n) is 4.10. The average Bonchev–Trinajstić information content (AvgIpc) is 2.78. The largest absolute Gasteiger partial charge is 0.389 e. The third-order valence-corrected chi connectivity index (χ3v) is 5.85. The zero-order chi connectivity index (χ0) is 21.3. The molecule has 0 radical (unpaired) electrons. The summed E-state index contributed by atoms with van der Waals surface area (Å²) in [6.45, 7) is 1.85. The van der Waals surface area contributed by atoms with Gasteiger partial charge in [0, 0.05) is 29.4 Å². The smallest absolute Gasteiger partial charge is 0.251 e. The highest BCUT2D eigenvalue weighted by molar-refractivity contribution is 6.21. The first-order chi connectivity index (χ1) is 14.5. The van der Waals surface area contributed by atoms with Crippen LogP contribution in [0.25, 0.3) is 5.57 Å². The third kappa shape index (κ3) is 3.97. The first-order valence-electron chi connectivity index (χ1n) is 10.2. The van der Waals surface area contributed by atoms with Crippen LogP contribution in [-0.2, 0) is 4.79 Å². The topological polar surface area (TPSA) is 114 Å². The highest BCUT2D eigenvalue weighted by Crippen LogP contribution is 2.35. The molecule has 7 nitrogen and oxygen atoms in total. The number of fused-ring (bicyclic) bond motifs is 1. The van der Waals surface area contributed by atoms with Gasteiger partial charge < -0.3 is 31.3 Å². The van der Waals surface area contributed by atoms with Gasteiger partial charge in [-0.3, -0.25) is 4.79 Å². The SMILES string of the molecule is C[C@@H]1N[C@H](CNC(=O)C2=CC(c3ccccc3)Nc3ccccc32)[C@@H](O)[C@H](O)[C@@H]1O. The normalized spacial score (nSPS) is 30.6. The molecule has 2 aliphatic heterocycles. The maximum absolute atomic E-state index is 13.1. The molecule has 0 spiro atoms. The Balaban J connectivity index is 1.53. The highest BCUT2D eigenvalue weighted by Gasteiger charge is 2.40. The number of amides is 1. The molecule has 0 saturated carbocycles. The van der Waals surface area contributed by atoms with E-state index in [0.29, 0.717) is 5.57 Å². The second-order valence-electron chi connectivity index (χ2n) is 7.90. The summed E-state index contributed by atoms with van der Waals surface area (Å²) in [5, 5.41) is 39.5. The number of nitrogens with one attached hydrogen (secondary N) is 3. The van der Waals surface area contributed by atoms with Crippen molar-refractivity contribution < 1.29 is 20.1 Å². The van der Waals surface area contributed by atoms with Crippen LogP contribution in [0.2, 0.25) is 0 Å². The van der Waals surface area contributed by atoms with Crippen LogP contribution < -0.4 is 16.0 Å². The molecule has 6 atom stereocenters. The molecule has 0 aromatic heterocycles. The molecule has 1 unspecified atom stereocenters. The van der Waals surface area contributed by atoms with E-state index in [-0.39, 0.29) is 18.5 Å². The van der Waals surface area contributed by atoms with Crippen LogP contribution in [0, 0.1) is 0 Å². The Morgan fingerprint density at radius 2 is 1.67 bits per heavy atom. The second kappa shape index (κ2) is 8.57. The summed E-state index contributed by atoms with van der Waals surface area (Å²) in [6.07, 6.45) is -1.59. The molecule has 158 valence electrons. The predicted molar refractivity (Wildman–Crippen MR) is 115 cm³/mol. The molecular formula is C23H27N3O4. The molecule has 2 aromatic carbocycles. The van der Waals surface area contributed by atoms with Gasteiger partial charge in [-0.1, -0.05) is 48.5 Å². The van der Waals surface area contributed by atoms with Gasteiger partial charge in [-0.15, -0.1) is 0 Å². The van der Waals surface area contributed by atoms with Gasteiger partial charge in [-0.25, -0.2) is 0 Å². The third-order valence-electron chi connectivity index (χ3n) is 5.85. The van der Waals surface area contributed by atoms with Gasteiger partial charge in [0.05, 0.1) is 24.3 Å². The molecule has 30 heavy (non-hydrogen) atoms. The van der Waals surface area contributed by atoms with Gasteiger partial charge >= 0.3 is 0 Å². The van der Waals surface area contributed by atoms with E-state index in [1.54, 1.807) is 6.92 Å². The lowest BCUT2D eigenvalue weighted by molar-refractivity contribution is -0.119. The first kappa shape index (κ1) is 20.6. The molecule has 2 aliphatic rings. The molecule has 1 fully saturated rings. The maximum atomic E-state index is 13.1. The zero-order valence-corrected chi connectivity index (χ0v) is 16.7.